The van der Waals surface area contributed by atoms with E-state index in [2.05, 4.69) is 18.5 Å². The summed E-state index contributed by atoms with van der Waals surface area (Å²) in [6, 6.07) is 0. The first kappa shape index (κ1) is 29.6. The van der Waals surface area contributed by atoms with E-state index in [1.807, 2.05) is 6.92 Å². The van der Waals surface area contributed by atoms with Gasteiger partial charge in [-0.3, -0.25) is 0 Å². The molecule has 1 unspecified atom stereocenters. The maximum Gasteiger partial charge on any atom is 0.410 e. The van der Waals surface area contributed by atoms with Crippen LogP contribution in [0.3, 0.4) is 0 Å². The molecular weight excluding hydrogens is 412 g/mol. The van der Waals surface area contributed by atoms with Gasteiger partial charge in [-0.25, -0.2) is 9.59 Å². The minimum absolute atomic E-state index is 0.133. The molecule has 0 rings (SSSR count). The number of amides is 2. The van der Waals surface area contributed by atoms with E-state index in [4.69, 9.17) is 18.9 Å². The molecule has 0 heterocycles. The second-order valence-corrected chi connectivity index (χ2v) is 7.52. The Morgan fingerprint density at radius 2 is 1.50 bits per heavy atom. The number of hydrogen-bond donors (Lipinski definition) is 1. The normalized spacial score (nSPS) is 11.2. The zero-order valence-corrected chi connectivity index (χ0v) is 20.1. The lowest BCUT2D eigenvalue weighted by molar-refractivity contribution is 0.0632. The van der Waals surface area contributed by atoms with Crippen LogP contribution in [0.15, 0.2) is 25.7 Å². The van der Waals surface area contributed by atoms with Crippen LogP contribution in [0.1, 0.15) is 71.6 Å². The third-order valence-electron chi connectivity index (χ3n) is 4.76. The number of carbonyl (C=O) groups is 2. The Morgan fingerprint density at radius 1 is 0.906 bits per heavy atom. The van der Waals surface area contributed by atoms with Crippen molar-refractivity contribution in [1.29, 1.82) is 0 Å². The molecule has 32 heavy (non-hydrogen) atoms. The zero-order valence-electron chi connectivity index (χ0n) is 20.1. The minimum atomic E-state index is -0.371. The molecule has 0 fully saturated rings. The molecule has 186 valence electrons. The second kappa shape index (κ2) is 21.8. The van der Waals surface area contributed by atoms with Gasteiger partial charge in [0, 0.05) is 19.6 Å². The number of hydrogen-bond acceptors (Lipinski definition) is 6. The fraction of sp³-hybridized carbons (Fsp3) is 0.750. The van der Waals surface area contributed by atoms with Gasteiger partial charge in [-0.1, -0.05) is 26.0 Å². The van der Waals surface area contributed by atoms with Crippen LogP contribution in [-0.2, 0) is 18.9 Å². The van der Waals surface area contributed by atoms with Crippen LogP contribution < -0.4 is 5.32 Å². The van der Waals surface area contributed by atoms with Crippen molar-refractivity contribution >= 4 is 12.2 Å². The molecule has 0 saturated heterocycles. The van der Waals surface area contributed by atoms with Gasteiger partial charge in [0.15, 0.2) is 0 Å². The van der Waals surface area contributed by atoms with Gasteiger partial charge in [-0.05, 0) is 58.8 Å². The minimum Gasteiger partial charge on any atom is -0.502 e. The monoisotopic (exact) mass is 456 g/mol. The Morgan fingerprint density at radius 3 is 2.12 bits per heavy atom. The number of unbranched alkanes of at least 4 members (excludes halogenated alkanes) is 5. The van der Waals surface area contributed by atoms with Crippen molar-refractivity contribution in [3.8, 4) is 0 Å². The smallest absolute Gasteiger partial charge is 0.410 e. The highest BCUT2D eigenvalue weighted by Gasteiger charge is 2.17. The summed E-state index contributed by atoms with van der Waals surface area (Å²) in [6.07, 6.45) is 10.2. The summed E-state index contributed by atoms with van der Waals surface area (Å²) in [5.74, 6) is 0. The highest BCUT2D eigenvalue weighted by Crippen LogP contribution is 2.10. The first-order valence-corrected chi connectivity index (χ1v) is 11.9. The third kappa shape index (κ3) is 18.4. The number of carbonyl (C=O) groups excluding carboxylic acids is 2. The van der Waals surface area contributed by atoms with Crippen LogP contribution in [0, 0.1) is 0 Å². The van der Waals surface area contributed by atoms with Crippen molar-refractivity contribution in [3.63, 3.8) is 0 Å². The molecule has 0 aliphatic carbocycles. The molecule has 0 spiro atoms. The number of alkyl carbamates (subject to hydrolysis) is 1. The summed E-state index contributed by atoms with van der Waals surface area (Å²) in [5, 5.41) is 2.72. The molecule has 0 aliphatic heterocycles. The van der Waals surface area contributed by atoms with E-state index >= 15 is 0 Å². The fourth-order valence-electron chi connectivity index (χ4n) is 3.03. The topological polar surface area (TPSA) is 86.3 Å². The Kier molecular flexibility index (Phi) is 20.2. The van der Waals surface area contributed by atoms with Gasteiger partial charge in [0.05, 0.1) is 32.3 Å². The summed E-state index contributed by atoms with van der Waals surface area (Å²) in [6.45, 7) is 14.3. The van der Waals surface area contributed by atoms with E-state index in [0.717, 1.165) is 57.8 Å². The highest BCUT2D eigenvalue weighted by atomic mass is 16.6. The van der Waals surface area contributed by atoms with Crippen LogP contribution in [0.4, 0.5) is 9.59 Å². The molecule has 1 N–H and O–H groups in total. The van der Waals surface area contributed by atoms with Gasteiger partial charge in [-0.15, -0.1) is 0 Å². The summed E-state index contributed by atoms with van der Waals surface area (Å²) in [5.41, 5.74) is 0. The molecule has 0 saturated carbocycles. The van der Waals surface area contributed by atoms with E-state index in [9.17, 15) is 9.59 Å². The SMILES string of the molecule is C=COCCCCC(C)OC(=O)N(CCCCCCNC(=O)OCC)CCCCOC=C. The van der Waals surface area contributed by atoms with Gasteiger partial charge in [0.1, 0.15) is 6.10 Å². The highest BCUT2D eigenvalue weighted by molar-refractivity contribution is 5.67. The Hall–Kier alpha value is -2.38. The third-order valence-corrected chi connectivity index (χ3v) is 4.76. The van der Waals surface area contributed by atoms with Crippen LogP contribution in [0.25, 0.3) is 0 Å². The maximum atomic E-state index is 12.7. The summed E-state index contributed by atoms with van der Waals surface area (Å²) in [4.78, 5) is 25.7. The number of nitrogens with one attached hydrogen (secondary N) is 1. The van der Waals surface area contributed by atoms with Crippen LogP contribution in [0.5, 0.6) is 0 Å². The molecule has 8 heteroatoms. The lowest BCUT2D eigenvalue weighted by Crippen LogP contribution is -2.35. The average Bonchev–Trinajstić information content (AvgIpc) is 2.76. The molecule has 0 aliphatic rings. The van der Waals surface area contributed by atoms with E-state index in [1.165, 1.54) is 12.5 Å². The standard InChI is InChI=1S/C24H44N2O6/c1-5-29-20-14-10-16-22(4)32-24(28)26(19-13-15-21-30-6-2)18-12-9-8-11-17-25-23(27)31-7-3/h5-6,22H,1-2,7-21H2,3-4H3,(H,25,27). The largest absolute Gasteiger partial charge is 0.502 e. The first-order chi connectivity index (χ1) is 15.5. The molecular formula is C24H44N2O6. The summed E-state index contributed by atoms with van der Waals surface area (Å²) >= 11 is 0. The average molecular weight is 457 g/mol. The van der Waals surface area contributed by atoms with Crippen LogP contribution >= 0.6 is 0 Å². The van der Waals surface area contributed by atoms with Crippen molar-refractivity contribution < 1.29 is 28.5 Å². The van der Waals surface area contributed by atoms with Crippen molar-refractivity contribution in [2.75, 3.05) is 39.5 Å². The zero-order chi connectivity index (χ0) is 23.9. The van der Waals surface area contributed by atoms with Crippen molar-refractivity contribution in [1.82, 2.24) is 10.2 Å². The predicted octanol–water partition coefficient (Wildman–Crippen LogP) is 5.39. The predicted molar refractivity (Wildman–Crippen MR) is 126 cm³/mol. The molecule has 2 amide bonds. The lowest BCUT2D eigenvalue weighted by atomic mass is 10.2. The number of ether oxygens (including phenoxy) is 4. The van der Waals surface area contributed by atoms with Gasteiger partial charge in [-0.2, -0.15) is 0 Å². The van der Waals surface area contributed by atoms with Crippen molar-refractivity contribution in [2.24, 2.45) is 0 Å². The van der Waals surface area contributed by atoms with E-state index in [0.29, 0.717) is 39.5 Å². The van der Waals surface area contributed by atoms with Crippen LogP contribution in [-0.4, -0.2) is 62.6 Å². The number of nitrogens with zero attached hydrogens (tertiary/aromatic N) is 1. The molecule has 8 nitrogen and oxygen atoms in total. The molecule has 1 atom stereocenters. The molecule has 0 aromatic heterocycles. The van der Waals surface area contributed by atoms with Gasteiger partial charge < -0.3 is 29.2 Å². The first-order valence-electron chi connectivity index (χ1n) is 11.9. The van der Waals surface area contributed by atoms with E-state index in [1.54, 1.807) is 11.8 Å². The van der Waals surface area contributed by atoms with Gasteiger partial charge in [0.2, 0.25) is 0 Å². The Bertz CT molecular complexity index is 501. The van der Waals surface area contributed by atoms with Gasteiger partial charge >= 0.3 is 12.2 Å². The maximum absolute atomic E-state index is 12.7. The second-order valence-electron chi connectivity index (χ2n) is 7.52. The fourth-order valence-corrected chi connectivity index (χ4v) is 3.03. The molecule has 0 radical (unpaired) electrons. The summed E-state index contributed by atoms with van der Waals surface area (Å²) < 4.78 is 20.8. The summed E-state index contributed by atoms with van der Waals surface area (Å²) in [7, 11) is 0. The van der Waals surface area contributed by atoms with Crippen molar-refractivity contribution in [3.05, 3.63) is 25.7 Å². The quantitative estimate of drug-likeness (QED) is 0.184. The lowest BCUT2D eigenvalue weighted by Gasteiger charge is -2.24. The van der Waals surface area contributed by atoms with Crippen LogP contribution in [0.2, 0.25) is 0 Å². The van der Waals surface area contributed by atoms with Gasteiger partial charge in [0.25, 0.3) is 0 Å². The Balaban J connectivity index is 4.23. The molecule has 0 aromatic rings. The molecule has 0 aromatic carbocycles. The van der Waals surface area contributed by atoms with Crippen molar-refractivity contribution in [2.45, 2.75) is 77.7 Å². The van der Waals surface area contributed by atoms with E-state index in [-0.39, 0.29) is 18.3 Å². The Labute approximate surface area is 194 Å². The van der Waals surface area contributed by atoms with E-state index < -0.39 is 0 Å². The number of rotatable bonds is 21. The molecule has 0 bridgehead atoms.